The van der Waals surface area contributed by atoms with Crippen LogP contribution in [0.2, 0.25) is 0 Å². The summed E-state index contributed by atoms with van der Waals surface area (Å²) in [5, 5.41) is 0. The molecule has 1 atom stereocenters. The molecule has 1 unspecified atom stereocenters. The topological polar surface area (TPSA) is 26.3 Å². The molecule has 0 aromatic heterocycles. The van der Waals surface area contributed by atoms with Gasteiger partial charge >= 0.3 is 0 Å². The average Bonchev–Trinajstić information content (AvgIpc) is 2.48. The first-order chi connectivity index (χ1) is 9.34. The molecule has 0 radical (unpaired) electrons. The second-order valence-electron chi connectivity index (χ2n) is 4.81. The van der Waals surface area contributed by atoms with Crippen LogP contribution in [0, 0.1) is 0 Å². The summed E-state index contributed by atoms with van der Waals surface area (Å²) >= 11 is 0. The minimum atomic E-state index is -0.0994. The SMILES string of the molecule is O=C1CCOC(c2ccccc2-c2ccccc2)C1. The zero-order valence-corrected chi connectivity index (χ0v) is 10.7. The van der Waals surface area contributed by atoms with Crippen molar-refractivity contribution in [2.24, 2.45) is 0 Å². The molecule has 2 nitrogen and oxygen atoms in total. The Morgan fingerprint density at radius 1 is 0.947 bits per heavy atom. The van der Waals surface area contributed by atoms with E-state index in [0.29, 0.717) is 25.2 Å². The van der Waals surface area contributed by atoms with Crippen LogP contribution < -0.4 is 0 Å². The zero-order chi connectivity index (χ0) is 13.1. The summed E-state index contributed by atoms with van der Waals surface area (Å²) in [6.07, 6.45) is 0.936. The molecule has 1 aliphatic rings. The third kappa shape index (κ3) is 2.59. The van der Waals surface area contributed by atoms with Crippen molar-refractivity contribution in [3.8, 4) is 11.1 Å². The van der Waals surface area contributed by atoms with E-state index >= 15 is 0 Å². The van der Waals surface area contributed by atoms with E-state index in [1.54, 1.807) is 0 Å². The fourth-order valence-corrected chi connectivity index (χ4v) is 2.54. The largest absolute Gasteiger partial charge is 0.373 e. The van der Waals surface area contributed by atoms with Gasteiger partial charge in [-0.1, -0.05) is 54.6 Å². The lowest BCUT2D eigenvalue weighted by molar-refractivity contribution is -0.128. The van der Waals surface area contributed by atoms with Crippen LogP contribution in [0.15, 0.2) is 54.6 Å². The summed E-state index contributed by atoms with van der Waals surface area (Å²) in [5.74, 6) is 0.291. The standard InChI is InChI=1S/C17H16O2/c18-14-10-11-19-17(12-14)16-9-5-4-8-15(16)13-6-2-1-3-7-13/h1-9,17H,10-12H2. The smallest absolute Gasteiger partial charge is 0.138 e. The van der Waals surface area contributed by atoms with E-state index in [9.17, 15) is 4.79 Å². The van der Waals surface area contributed by atoms with Gasteiger partial charge in [0.1, 0.15) is 5.78 Å². The molecule has 2 aromatic rings. The Balaban J connectivity index is 2.00. The number of ether oxygens (including phenoxy) is 1. The van der Waals surface area contributed by atoms with Crippen molar-refractivity contribution < 1.29 is 9.53 Å². The maximum atomic E-state index is 11.6. The van der Waals surface area contributed by atoms with Crippen molar-refractivity contribution in [1.29, 1.82) is 0 Å². The first-order valence-corrected chi connectivity index (χ1v) is 6.62. The Bertz CT molecular complexity index is 575. The Labute approximate surface area is 113 Å². The fourth-order valence-electron chi connectivity index (χ4n) is 2.54. The average molecular weight is 252 g/mol. The highest BCUT2D eigenvalue weighted by atomic mass is 16.5. The van der Waals surface area contributed by atoms with E-state index in [2.05, 4.69) is 24.3 Å². The van der Waals surface area contributed by atoms with Gasteiger partial charge in [0, 0.05) is 12.8 Å². The molecule has 3 rings (SSSR count). The molecule has 0 N–H and O–H groups in total. The highest BCUT2D eigenvalue weighted by Crippen LogP contribution is 2.33. The summed E-state index contributed by atoms with van der Waals surface area (Å²) in [6.45, 7) is 0.534. The third-order valence-corrected chi connectivity index (χ3v) is 3.51. The van der Waals surface area contributed by atoms with E-state index in [1.165, 1.54) is 5.56 Å². The van der Waals surface area contributed by atoms with Crippen molar-refractivity contribution in [3.63, 3.8) is 0 Å². The second kappa shape index (κ2) is 5.37. The Kier molecular flexibility index (Phi) is 3.43. The van der Waals surface area contributed by atoms with Crippen molar-refractivity contribution in [2.75, 3.05) is 6.61 Å². The van der Waals surface area contributed by atoms with Crippen LogP contribution in [0.1, 0.15) is 24.5 Å². The molecule has 2 heteroatoms. The van der Waals surface area contributed by atoms with Crippen molar-refractivity contribution in [2.45, 2.75) is 18.9 Å². The van der Waals surface area contributed by atoms with E-state index in [4.69, 9.17) is 4.74 Å². The molecule has 1 fully saturated rings. The number of rotatable bonds is 2. The summed E-state index contributed by atoms with van der Waals surface area (Å²) in [6, 6.07) is 18.4. The number of Topliss-reactive ketones (excluding diaryl/α,β-unsaturated/α-hetero) is 1. The van der Waals surface area contributed by atoms with E-state index in [1.807, 2.05) is 30.3 Å². The highest BCUT2D eigenvalue weighted by Gasteiger charge is 2.23. The van der Waals surface area contributed by atoms with Gasteiger partial charge in [-0.05, 0) is 16.7 Å². The summed E-state index contributed by atoms with van der Waals surface area (Å²) in [4.78, 5) is 11.6. The Morgan fingerprint density at radius 3 is 2.47 bits per heavy atom. The van der Waals surface area contributed by atoms with E-state index < -0.39 is 0 Å². The number of carbonyl (C=O) groups is 1. The van der Waals surface area contributed by atoms with Gasteiger partial charge in [0.15, 0.2) is 0 Å². The fraction of sp³-hybridized carbons (Fsp3) is 0.235. The van der Waals surface area contributed by atoms with Crippen LogP contribution in [-0.2, 0) is 9.53 Å². The predicted octanol–water partition coefficient (Wildman–Crippen LogP) is 3.77. The van der Waals surface area contributed by atoms with Crippen LogP contribution in [-0.4, -0.2) is 12.4 Å². The molecule has 96 valence electrons. The molecule has 0 spiro atoms. The summed E-state index contributed by atoms with van der Waals surface area (Å²) in [7, 11) is 0. The van der Waals surface area contributed by atoms with Crippen LogP contribution in [0.3, 0.4) is 0 Å². The van der Waals surface area contributed by atoms with Gasteiger partial charge in [-0.3, -0.25) is 4.79 Å². The van der Waals surface area contributed by atoms with Gasteiger partial charge in [0.25, 0.3) is 0 Å². The second-order valence-corrected chi connectivity index (χ2v) is 4.81. The number of benzene rings is 2. The Hall–Kier alpha value is -1.93. The van der Waals surface area contributed by atoms with Gasteiger partial charge in [-0.25, -0.2) is 0 Å². The number of hydrogen-bond acceptors (Lipinski definition) is 2. The molecule has 1 heterocycles. The molecule has 0 aliphatic carbocycles. The first-order valence-electron chi connectivity index (χ1n) is 6.62. The van der Waals surface area contributed by atoms with Gasteiger partial charge in [0.2, 0.25) is 0 Å². The molecule has 0 bridgehead atoms. The lowest BCUT2D eigenvalue weighted by Crippen LogP contribution is -2.19. The van der Waals surface area contributed by atoms with E-state index in [-0.39, 0.29) is 6.10 Å². The van der Waals surface area contributed by atoms with Gasteiger partial charge in [-0.15, -0.1) is 0 Å². The maximum absolute atomic E-state index is 11.6. The van der Waals surface area contributed by atoms with Crippen LogP contribution in [0.25, 0.3) is 11.1 Å². The normalized spacial score (nSPS) is 19.4. The minimum Gasteiger partial charge on any atom is -0.373 e. The van der Waals surface area contributed by atoms with Crippen molar-refractivity contribution in [1.82, 2.24) is 0 Å². The van der Waals surface area contributed by atoms with Crippen LogP contribution in [0.5, 0.6) is 0 Å². The van der Waals surface area contributed by atoms with Gasteiger partial charge < -0.3 is 4.74 Å². The van der Waals surface area contributed by atoms with Crippen LogP contribution >= 0.6 is 0 Å². The number of ketones is 1. The quantitative estimate of drug-likeness (QED) is 0.813. The maximum Gasteiger partial charge on any atom is 0.138 e. The molecular formula is C17H16O2. The monoisotopic (exact) mass is 252 g/mol. The first kappa shape index (κ1) is 12.1. The summed E-state index contributed by atoms with van der Waals surface area (Å²) in [5.41, 5.74) is 3.43. The predicted molar refractivity (Wildman–Crippen MR) is 74.8 cm³/mol. The molecule has 1 aliphatic heterocycles. The highest BCUT2D eigenvalue weighted by molar-refractivity contribution is 5.80. The minimum absolute atomic E-state index is 0.0994. The van der Waals surface area contributed by atoms with Gasteiger partial charge in [0.05, 0.1) is 12.7 Å². The molecule has 0 saturated carbocycles. The molecule has 1 saturated heterocycles. The van der Waals surface area contributed by atoms with Crippen molar-refractivity contribution >= 4 is 5.78 Å². The van der Waals surface area contributed by atoms with Crippen LogP contribution in [0.4, 0.5) is 0 Å². The molecular weight excluding hydrogens is 236 g/mol. The van der Waals surface area contributed by atoms with E-state index in [0.717, 1.165) is 11.1 Å². The van der Waals surface area contributed by atoms with Gasteiger partial charge in [-0.2, -0.15) is 0 Å². The number of hydrogen-bond donors (Lipinski definition) is 0. The van der Waals surface area contributed by atoms with Crippen molar-refractivity contribution in [3.05, 3.63) is 60.2 Å². The zero-order valence-electron chi connectivity index (χ0n) is 10.7. The molecule has 0 amide bonds. The lowest BCUT2D eigenvalue weighted by Gasteiger charge is -2.24. The molecule has 19 heavy (non-hydrogen) atoms. The molecule has 2 aromatic carbocycles. The number of carbonyl (C=O) groups excluding carboxylic acids is 1. The third-order valence-electron chi connectivity index (χ3n) is 3.51. The summed E-state index contributed by atoms with van der Waals surface area (Å²) < 4.78 is 5.78. The Morgan fingerprint density at radius 2 is 1.68 bits per heavy atom. The lowest BCUT2D eigenvalue weighted by atomic mass is 9.92.